The van der Waals surface area contributed by atoms with Gasteiger partial charge in [-0.25, -0.2) is 0 Å². The van der Waals surface area contributed by atoms with E-state index in [-0.39, 0.29) is 0 Å². The molecule has 0 heterocycles. The molecule has 2 aromatic carbocycles. The molecule has 2 rings (SSSR count). The summed E-state index contributed by atoms with van der Waals surface area (Å²) >= 11 is 6.54. The van der Waals surface area contributed by atoms with Gasteiger partial charge in [-0.2, -0.15) is 0 Å². The Morgan fingerprint density at radius 2 is 1.59 bits per heavy atom. The van der Waals surface area contributed by atoms with Gasteiger partial charge in [0.05, 0.1) is 6.61 Å². The number of hydrogen-bond acceptors (Lipinski definition) is 3. The first-order valence-electron chi connectivity index (χ1n) is 11.0. The van der Waals surface area contributed by atoms with Gasteiger partial charge in [0, 0.05) is 17.6 Å². The molecule has 0 aromatic heterocycles. The van der Waals surface area contributed by atoms with Crippen LogP contribution in [-0.4, -0.2) is 13.2 Å². The minimum Gasteiger partial charge on any atom is -0.490 e. The number of unbranched alkanes of at least 4 members (excludes halogenated alkanes) is 5. The summed E-state index contributed by atoms with van der Waals surface area (Å²) in [6.45, 7) is 9.17. The molecule has 0 aliphatic carbocycles. The second-order valence-corrected chi connectivity index (χ2v) is 7.89. The van der Waals surface area contributed by atoms with Crippen molar-refractivity contribution in [3.05, 3.63) is 58.1 Å². The summed E-state index contributed by atoms with van der Waals surface area (Å²) in [5, 5.41) is 4.22. The summed E-state index contributed by atoms with van der Waals surface area (Å²) in [4.78, 5) is 0. The van der Waals surface area contributed by atoms with E-state index in [1.54, 1.807) is 0 Å². The van der Waals surface area contributed by atoms with Crippen LogP contribution >= 0.6 is 11.6 Å². The molecule has 160 valence electrons. The maximum atomic E-state index is 6.54. The number of rotatable bonds is 14. The average Bonchev–Trinajstić information content (AvgIpc) is 2.72. The molecule has 0 unspecified atom stereocenters. The Bertz CT molecular complexity index is 733. The van der Waals surface area contributed by atoms with Crippen LogP contribution in [0.15, 0.2) is 36.4 Å². The largest absolute Gasteiger partial charge is 0.490 e. The van der Waals surface area contributed by atoms with E-state index in [1.807, 2.05) is 31.2 Å². The standard InChI is InChI=1S/C25H36ClNO2/c1-4-6-7-8-9-12-15-27-18-22-16-24(28-5-2)25(17-23(22)26)29-19-21-14-11-10-13-20(21)3/h10-11,13-14,16-17,27H,4-9,12,15,18-19H2,1-3H3. The van der Waals surface area contributed by atoms with E-state index in [1.165, 1.54) is 44.1 Å². The SMILES string of the molecule is CCCCCCCCNCc1cc(OCC)c(OCc2ccccc2C)cc1Cl. The molecule has 0 spiro atoms. The van der Waals surface area contributed by atoms with E-state index >= 15 is 0 Å². The van der Waals surface area contributed by atoms with Crippen LogP contribution in [0.1, 0.15) is 69.1 Å². The van der Waals surface area contributed by atoms with Gasteiger partial charge < -0.3 is 14.8 Å². The van der Waals surface area contributed by atoms with E-state index in [0.717, 1.165) is 30.0 Å². The lowest BCUT2D eigenvalue weighted by atomic mass is 10.1. The highest BCUT2D eigenvalue weighted by molar-refractivity contribution is 6.31. The molecule has 0 aliphatic rings. The summed E-state index contributed by atoms with van der Waals surface area (Å²) in [5.74, 6) is 1.45. The summed E-state index contributed by atoms with van der Waals surface area (Å²) in [5.41, 5.74) is 3.42. The van der Waals surface area contributed by atoms with Crippen LogP contribution in [0.5, 0.6) is 11.5 Å². The van der Waals surface area contributed by atoms with Crippen LogP contribution in [0.3, 0.4) is 0 Å². The highest BCUT2D eigenvalue weighted by atomic mass is 35.5. The zero-order chi connectivity index (χ0) is 20.9. The Morgan fingerprint density at radius 1 is 0.862 bits per heavy atom. The van der Waals surface area contributed by atoms with E-state index in [2.05, 4.69) is 31.3 Å². The third-order valence-corrected chi connectivity index (χ3v) is 5.43. The highest BCUT2D eigenvalue weighted by Gasteiger charge is 2.12. The Labute approximate surface area is 181 Å². The van der Waals surface area contributed by atoms with Crippen molar-refractivity contribution in [2.24, 2.45) is 0 Å². The first-order valence-corrected chi connectivity index (χ1v) is 11.4. The van der Waals surface area contributed by atoms with Crippen LogP contribution in [0, 0.1) is 6.92 Å². The lowest BCUT2D eigenvalue weighted by molar-refractivity contribution is 0.268. The number of nitrogens with one attached hydrogen (secondary N) is 1. The molecule has 3 nitrogen and oxygen atoms in total. The smallest absolute Gasteiger partial charge is 0.163 e. The first kappa shape index (κ1) is 23.6. The van der Waals surface area contributed by atoms with Crippen molar-refractivity contribution >= 4 is 11.6 Å². The molecule has 2 aromatic rings. The summed E-state index contributed by atoms with van der Waals surface area (Å²) < 4.78 is 11.9. The number of aryl methyl sites for hydroxylation is 1. The van der Waals surface area contributed by atoms with E-state index in [4.69, 9.17) is 21.1 Å². The molecule has 0 bridgehead atoms. The normalized spacial score (nSPS) is 10.9. The highest BCUT2D eigenvalue weighted by Crippen LogP contribution is 2.34. The van der Waals surface area contributed by atoms with Crippen molar-refractivity contribution in [2.75, 3.05) is 13.2 Å². The Kier molecular flexibility index (Phi) is 11.0. The predicted octanol–water partition coefficient (Wildman–Crippen LogP) is 7.08. The van der Waals surface area contributed by atoms with Gasteiger partial charge in [0.1, 0.15) is 6.61 Å². The lowest BCUT2D eigenvalue weighted by Crippen LogP contribution is -2.15. The molecule has 0 atom stereocenters. The molecule has 4 heteroatoms. The predicted molar refractivity (Wildman–Crippen MR) is 123 cm³/mol. The van der Waals surface area contributed by atoms with Crippen molar-refractivity contribution in [2.45, 2.75) is 72.4 Å². The number of hydrogen-bond donors (Lipinski definition) is 1. The number of benzene rings is 2. The van der Waals surface area contributed by atoms with Gasteiger partial charge in [-0.1, -0.05) is 74.9 Å². The minimum atomic E-state index is 0.499. The van der Waals surface area contributed by atoms with E-state index in [0.29, 0.717) is 24.0 Å². The second kappa shape index (κ2) is 13.5. The molecular formula is C25H36ClNO2. The molecule has 0 amide bonds. The monoisotopic (exact) mass is 417 g/mol. The molecule has 0 saturated heterocycles. The molecule has 0 fully saturated rings. The molecule has 1 N–H and O–H groups in total. The van der Waals surface area contributed by atoms with Gasteiger partial charge >= 0.3 is 0 Å². The van der Waals surface area contributed by atoms with Crippen molar-refractivity contribution in [1.82, 2.24) is 5.32 Å². The average molecular weight is 418 g/mol. The molecule has 0 saturated carbocycles. The second-order valence-electron chi connectivity index (χ2n) is 7.48. The van der Waals surface area contributed by atoms with E-state index in [9.17, 15) is 0 Å². The first-order chi connectivity index (χ1) is 14.2. The van der Waals surface area contributed by atoms with Crippen molar-refractivity contribution in [3.63, 3.8) is 0 Å². The van der Waals surface area contributed by atoms with Gasteiger partial charge in [-0.05, 0) is 49.6 Å². The van der Waals surface area contributed by atoms with Gasteiger partial charge in [0.25, 0.3) is 0 Å². The van der Waals surface area contributed by atoms with Crippen LogP contribution in [0.4, 0.5) is 0 Å². The van der Waals surface area contributed by atoms with Crippen LogP contribution < -0.4 is 14.8 Å². The molecule has 0 radical (unpaired) electrons. The summed E-state index contributed by atoms with van der Waals surface area (Å²) in [7, 11) is 0. The third-order valence-electron chi connectivity index (χ3n) is 5.08. The van der Waals surface area contributed by atoms with Gasteiger partial charge in [-0.15, -0.1) is 0 Å². The molecule has 0 aliphatic heterocycles. The van der Waals surface area contributed by atoms with Gasteiger partial charge in [0.15, 0.2) is 11.5 Å². The summed E-state index contributed by atoms with van der Waals surface area (Å²) in [6, 6.07) is 12.1. The third kappa shape index (κ3) is 8.28. The molecule has 29 heavy (non-hydrogen) atoms. The van der Waals surface area contributed by atoms with Crippen LogP contribution in [0.25, 0.3) is 0 Å². The quantitative estimate of drug-likeness (QED) is 0.333. The Morgan fingerprint density at radius 3 is 2.34 bits per heavy atom. The zero-order valence-corrected chi connectivity index (χ0v) is 19.0. The fraction of sp³-hybridized carbons (Fsp3) is 0.520. The Hall–Kier alpha value is -1.71. The summed E-state index contributed by atoms with van der Waals surface area (Å²) in [6.07, 6.45) is 7.82. The van der Waals surface area contributed by atoms with E-state index < -0.39 is 0 Å². The van der Waals surface area contributed by atoms with Gasteiger partial charge in [-0.3, -0.25) is 0 Å². The minimum absolute atomic E-state index is 0.499. The van der Waals surface area contributed by atoms with Crippen molar-refractivity contribution < 1.29 is 9.47 Å². The molecular weight excluding hydrogens is 382 g/mol. The van der Waals surface area contributed by atoms with Crippen molar-refractivity contribution in [1.29, 1.82) is 0 Å². The topological polar surface area (TPSA) is 30.5 Å². The number of halogens is 1. The lowest BCUT2D eigenvalue weighted by Gasteiger charge is -2.16. The zero-order valence-electron chi connectivity index (χ0n) is 18.2. The fourth-order valence-electron chi connectivity index (χ4n) is 3.27. The maximum Gasteiger partial charge on any atom is 0.163 e. The Balaban J connectivity index is 1.90. The van der Waals surface area contributed by atoms with Crippen LogP contribution in [0.2, 0.25) is 5.02 Å². The maximum absolute atomic E-state index is 6.54. The van der Waals surface area contributed by atoms with Gasteiger partial charge in [0.2, 0.25) is 0 Å². The van der Waals surface area contributed by atoms with Crippen LogP contribution in [-0.2, 0) is 13.2 Å². The number of ether oxygens (including phenoxy) is 2. The fourth-order valence-corrected chi connectivity index (χ4v) is 3.50. The van der Waals surface area contributed by atoms with Crippen molar-refractivity contribution in [3.8, 4) is 11.5 Å².